The minimum atomic E-state index is -0.407. The predicted octanol–water partition coefficient (Wildman–Crippen LogP) is -0.713. The summed E-state index contributed by atoms with van der Waals surface area (Å²) in [5, 5.41) is 3.63. The van der Waals surface area contributed by atoms with Gasteiger partial charge in [0.25, 0.3) is 5.56 Å². The Morgan fingerprint density at radius 3 is 2.81 bits per heavy atom. The van der Waals surface area contributed by atoms with Crippen molar-refractivity contribution in [2.45, 2.75) is 13.5 Å². The number of rotatable bonds is 2. The molecule has 0 amide bonds. The van der Waals surface area contributed by atoms with E-state index in [1.807, 2.05) is 0 Å². The molecular formula is C9H10N4O3. The molecule has 0 fully saturated rings. The fourth-order valence-electron chi connectivity index (χ4n) is 1.31. The van der Waals surface area contributed by atoms with Gasteiger partial charge in [-0.05, 0) is 0 Å². The van der Waals surface area contributed by atoms with Gasteiger partial charge in [-0.3, -0.25) is 9.36 Å². The zero-order valence-corrected chi connectivity index (χ0v) is 8.88. The number of aromatic nitrogens is 4. The molecule has 0 N–H and O–H groups in total. The van der Waals surface area contributed by atoms with Crippen LogP contribution in [0, 0.1) is 6.92 Å². The molecule has 0 bridgehead atoms. The molecule has 0 aliphatic carbocycles. The first-order valence-corrected chi connectivity index (χ1v) is 4.63. The van der Waals surface area contributed by atoms with E-state index in [9.17, 15) is 9.59 Å². The molecule has 0 saturated heterocycles. The summed E-state index contributed by atoms with van der Waals surface area (Å²) in [5.41, 5.74) is -0.791. The second-order valence-electron chi connectivity index (χ2n) is 3.36. The van der Waals surface area contributed by atoms with Gasteiger partial charge in [-0.1, -0.05) is 5.16 Å². The highest BCUT2D eigenvalue weighted by molar-refractivity contribution is 4.91. The number of hydrogen-bond donors (Lipinski definition) is 0. The molecule has 7 nitrogen and oxygen atoms in total. The van der Waals surface area contributed by atoms with Gasteiger partial charge in [0.1, 0.15) is 0 Å². The lowest BCUT2D eigenvalue weighted by Crippen LogP contribution is -2.38. The highest BCUT2D eigenvalue weighted by Crippen LogP contribution is 1.94. The zero-order valence-electron chi connectivity index (χ0n) is 8.88. The molecule has 2 rings (SSSR count). The van der Waals surface area contributed by atoms with Crippen LogP contribution in [0.3, 0.4) is 0 Å². The summed E-state index contributed by atoms with van der Waals surface area (Å²) in [5.74, 6) is 0.707. The third-order valence-corrected chi connectivity index (χ3v) is 2.11. The minimum Gasteiger partial charge on any atom is -0.340 e. The molecule has 84 valence electrons. The van der Waals surface area contributed by atoms with E-state index in [2.05, 4.69) is 10.1 Å². The van der Waals surface area contributed by atoms with Gasteiger partial charge in [-0.25, -0.2) is 4.79 Å². The lowest BCUT2D eigenvalue weighted by atomic mass is 10.5. The van der Waals surface area contributed by atoms with Crippen molar-refractivity contribution in [2.24, 2.45) is 7.05 Å². The molecule has 2 aromatic heterocycles. The average molecular weight is 222 g/mol. The van der Waals surface area contributed by atoms with Crippen molar-refractivity contribution in [1.82, 2.24) is 19.3 Å². The molecule has 0 radical (unpaired) electrons. The summed E-state index contributed by atoms with van der Waals surface area (Å²) in [4.78, 5) is 27.0. The van der Waals surface area contributed by atoms with E-state index in [4.69, 9.17) is 4.52 Å². The van der Waals surface area contributed by atoms with E-state index in [1.54, 1.807) is 14.0 Å². The minimum absolute atomic E-state index is 0.0175. The Hall–Kier alpha value is -2.18. The van der Waals surface area contributed by atoms with Gasteiger partial charge in [0, 0.05) is 26.2 Å². The first-order valence-electron chi connectivity index (χ1n) is 4.63. The number of hydrogen-bond acceptors (Lipinski definition) is 5. The van der Waals surface area contributed by atoms with Crippen LogP contribution in [0.5, 0.6) is 0 Å². The summed E-state index contributed by atoms with van der Waals surface area (Å²) in [6, 6.07) is 1.31. The van der Waals surface area contributed by atoms with Crippen LogP contribution in [0.25, 0.3) is 0 Å². The quantitative estimate of drug-likeness (QED) is 0.670. The van der Waals surface area contributed by atoms with Crippen molar-refractivity contribution >= 4 is 0 Å². The molecule has 0 saturated carbocycles. The molecule has 2 heterocycles. The maximum atomic E-state index is 11.6. The van der Waals surface area contributed by atoms with Crippen molar-refractivity contribution in [2.75, 3.05) is 0 Å². The summed E-state index contributed by atoms with van der Waals surface area (Å²) < 4.78 is 7.12. The molecule has 0 atom stereocenters. The van der Waals surface area contributed by atoms with Crippen molar-refractivity contribution in [3.05, 3.63) is 44.8 Å². The molecule has 0 aromatic carbocycles. The molecule has 0 unspecified atom stereocenters. The van der Waals surface area contributed by atoms with E-state index in [0.29, 0.717) is 11.7 Å². The zero-order chi connectivity index (χ0) is 11.7. The molecule has 0 aliphatic heterocycles. The Labute approximate surface area is 90.0 Å². The van der Waals surface area contributed by atoms with Crippen LogP contribution in [0.2, 0.25) is 0 Å². The standard InChI is InChI=1S/C9H10N4O3/c1-6-10-7(11-16-6)5-13-8(14)3-4-12(2)9(13)15/h3-4H,5H2,1-2H3. The number of nitrogens with zero attached hydrogens (tertiary/aromatic N) is 4. The van der Waals surface area contributed by atoms with Crippen LogP contribution >= 0.6 is 0 Å². The molecule has 2 aromatic rings. The van der Waals surface area contributed by atoms with Gasteiger partial charge in [0.2, 0.25) is 5.89 Å². The topological polar surface area (TPSA) is 82.9 Å². The van der Waals surface area contributed by atoms with Crippen LogP contribution in [-0.2, 0) is 13.6 Å². The third-order valence-electron chi connectivity index (χ3n) is 2.11. The Morgan fingerprint density at radius 1 is 1.44 bits per heavy atom. The summed E-state index contributed by atoms with van der Waals surface area (Å²) in [6.45, 7) is 1.66. The highest BCUT2D eigenvalue weighted by atomic mass is 16.5. The largest absolute Gasteiger partial charge is 0.340 e. The second kappa shape index (κ2) is 3.76. The molecular weight excluding hydrogens is 212 g/mol. The fourth-order valence-corrected chi connectivity index (χ4v) is 1.31. The van der Waals surface area contributed by atoms with Gasteiger partial charge in [0.05, 0.1) is 6.54 Å². The van der Waals surface area contributed by atoms with Crippen LogP contribution in [0.1, 0.15) is 11.7 Å². The summed E-state index contributed by atoms with van der Waals surface area (Å²) >= 11 is 0. The van der Waals surface area contributed by atoms with Crippen LogP contribution in [0.15, 0.2) is 26.4 Å². The predicted molar refractivity (Wildman–Crippen MR) is 54.1 cm³/mol. The fraction of sp³-hybridized carbons (Fsp3) is 0.333. The van der Waals surface area contributed by atoms with Crippen molar-refractivity contribution in [1.29, 1.82) is 0 Å². The van der Waals surface area contributed by atoms with Crippen LogP contribution in [-0.4, -0.2) is 19.3 Å². The first kappa shape index (κ1) is 10.3. The maximum absolute atomic E-state index is 11.6. The first-order chi connectivity index (χ1) is 7.58. The van der Waals surface area contributed by atoms with Gasteiger partial charge in [-0.2, -0.15) is 4.98 Å². The van der Waals surface area contributed by atoms with Crippen molar-refractivity contribution < 1.29 is 4.52 Å². The third kappa shape index (κ3) is 1.79. The molecule has 7 heteroatoms. The maximum Gasteiger partial charge on any atom is 0.331 e. The summed E-state index contributed by atoms with van der Waals surface area (Å²) in [7, 11) is 1.57. The normalized spacial score (nSPS) is 10.6. The van der Waals surface area contributed by atoms with E-state index in [0.717, 1.165) is 4.57 Å². The van der Waals surface area contributed by atoms with E-state index < -0.39 is 5.69 Å². The lowest BCUT2D eigenvalue weighted by molar-refractivity contribution is 0.385. The smallest absolute Gasteiger partial charge is 0.331 e. The second-order valence-corrected chi connectivity index (χ2v) is 3.36. The van der Waals surface area contributed by atoms with E-state index in [-0.39, 0.29) is 12.1 Å². The number of aryl methyl sites for hydroxylation is 2. The van der Waals surface area contributed by atoms with Crippen molar-refractivity contribution in [3.63, 3.8) is 0 Å². The van der Waals surface area contributed by atoms with E-state index >= 15 is 0 Å². The Balaban J connectivity index is 2.46. The Bertz CT molecular complexity index is 622. The molecule has 0 aliphatic rings. The Kier molecular flexibility index (Phi) is 2.43. The molecule has 16 heavy (non-hydrogen) atoms. The summed E-state index contributed by atoms with van der Waals surface area (Å²) in [6.07, 6.45) is 1.42. The van der Waals surface area contributed by atoms with Crippen LogP contribution < -0.4 is 11.2 Å². The van der Waals surface area contributed by atoms with Gasteiger partial charge in [-0.15, -0.1) is 0 Å². The monoisotopic (exact) mass is 222 g/mol. The van der Waals surface area contributed by atoms with Gasteiger partial charge < -0.3 is 9.09 Å². The van der Waals surface area contributed by atoms with E-state index in [1.165, 1.54) is 16.8 Å². The van der Waals surface area contributed by atoms with Crippen LogP contribution in [0.4, 0.5) is 0 Å². The average Bonchev–Trinajstić information content (AvgIpc) is 2.65. The highest BCUT2D eigenvalue weighted by Gasteiger charge is 2.08. The van der Waals surface area contributed by atoms with Crippen molar-refractivity contribution in [3.8, 4) is 0 Å². The van der Waals surface area contributed by atoms with Gasteiger partial charge >= 0.3 is 5.69 Å². The van der Waals surface area contributed by atoms with Gasteiger partial charge in [0.15, 0.2) is 5.82 Å². The SMILES string of the molecule is Cc1nc(Cn2c(=O)ccn(C)c2=O)no1. The lowest BCUT2D eigenvalue weighted by Gasteiger charge is -2.02. The molecule has 0 spiro atoms. The Morgan fingerprint density at radius 2 is 2.19 bits per heavy atom.